The highest BCUT2D eigenvalue weighted by Gasteiger charge is 2.12. The van der Waals surface area contributed by atoms with Crippen LogP contribution in [0.4, 0.5) is 0 Å². The van der Waals surface area contributed by atoms with E-state index in [2.05, 4.69) is 38.3 Å². The highest BCUT2D eigenvalue weighted by Crippen LogP contribution is 2.05. The van der Waals surface area contributed by atoms with Crippen LogP contribution in [0.15, 0.2) is 0 Å². The van der Waals surface area contributed by atoms with E-state index in [4.69, 9.17) is 0 Å². The molecule has 0 saturated carbocycles. The van der Waals surface area contributed by atoms with Crippen molar-refractivity contribution in [2.75, 3.05) is 0 Å². The largest absolute Gasteiger partial charge is 0.354 e. The molecule has 0 radical (unpaired) electrons. The topological polar surface area (TPSA) is 41.1 Å². The van der Waals surface area contributed by atoms with Crippen LogP contribution in [0.3, 0.4) is 0 Å². The summed E-state index contributed by atoms with van der Waals surface area (Å²) in [7, 11) is 0. The van der Waals surface area contributed by atoms with Crippen molar-refractivity contribution < 1.29 is 4.79 Å². The zero-order chi connectivity index (χ0) is 12.7. The van der Waals surface area contributed by atoms with E-state index in [1.807, 2.05) is 13.8 Å². The van der Waals surface area contributed by atoms with Gasteiger partial charge in [-0.25, -0.2) is 0 Å². The second kappa shape index (κ2) is 7.66. The maximum Gasteiger partial charge on any atom is 0.221 e. The lowest BCUT2D eigenvalue weighted by Crippen LogP contribution is -2.40. The molecule has 0 bridgehead atoms. The Morgan fingerprint density at radius 1 is 1.00 bits per heavy atom. The minimum atomic E-state index is 0.131. The molecular weight excluding hydrogens is 200 g/mol. The number of nitrogens with one attached hydrogen (secondary N) is 2. The number of rotatable bonds is 7. The molecule has 3 heteroatoms. The average Bonchev–Trinajstić information content (AvgIpc) is 1.97. The van der Waals surface area contributed by atoms with E-state index in [0.29, 0.717) is 18.4 Å². The highest BCUT2D eigenvalue weighted by atomic mass is 16.1. The van der Waals surface area contributed by atoms with Crippen LogP contribution >= 0.6 is 0 Å². The summed E-state index contributed by atoms with van der Waals surface area (Å²) in [5, 5.41) is 6.36. The first kappa shape index (κ1) is 15.4. The van der Waals surface area contributed by atoms with Crippen LogP contribution in [0, 0.1) is 5.92 Å². The summed E-state index contributed by atoms with van der Waals surface area (Å²) in [6.07, 6.45) is 1.71. The molecule has 0 saturated heterocycles. The molecule has 0 spiro atoms. The minimum Gasteiger partial charge on any atom is -0.354 e. The van der Waals surface area contributed by atoms with Gasteiger partial charge in [0.15, 0.2) is 0 Å². The summed E-state index contributed by atoms with van der Waals surface area (Å²) in [6.45, 7) is 12.6. The Labute approximate surface area is 100 Å². The molecule has 0 aliphatic carbocycles. The smallest absolute Gasteiger partial charge is 0.221 e. The van der Waals surface area contributed by atoms with Gasteiger partial charge >= 0.3 is 0 Å². The lowest BCUT2D eigenvalue weighted by atomic mass is 10.0. The van der Waals surface area contributed by atoms with Gasteiger partial charge < -0.3 is 10.6 Å². The Kier molecular flexibility index (Phi) is 7.39. The zero-order valence-corrected chi connectivity index (χ0v) is 11.6. The van der Waals surface area contributed by atoms with Crippen LogP contribution in [0.2, 0.25) is 0 Å². The summed E-state index contributed by atoms with van der Waals surface area (Å²) >= 11 is 0. The van der Waals surface area contributed by atoms with E-state index >= 15 is 0 Å². The lowest BCUT2D eigenvalue weighted by Gasteiger charge is -2.21. The van der Waals surface area contributed by atoms with Crippen molar-refractivity contribution in [1.82, 2.24) is 10.6 Å². The Hall–Kier alpha value is -0.570. The van der Waals surface area contributed by atoms with Crippen molar-refractivity contribution in [2.24, 2.45) is 5.92 Å². The first-order chi connectivity index (χ1) is 7.31. The Balaban J connectivity index is 3.80. The van der Waals surface area contributed by atoms with Gasteiger partial charge in [-0.05, 0) is 40.0 Å². The number of hydrogen-bond donors (Lipinski definition) is 2. The van der Waals surface area contributed by atoms with Crippen molar-refractivity contribution in [2.45, 2.75) is 72.5 Å². The first-order valence-electron chi connectivity index (χ1n) is 6.36. The molecule has 0 aliphatic heterocycles. The standard InChI is InChI=1S/C13H28N2O/c1-9(2)7-11(5)15-12(6)8-13(16)14-10(3)4/h9-12,15H,7-8H2,1-6H3,(H,14,16)/t11-,12-/m1/s1. The fraction of sp³-hybridized carbons (Fsp3) is 0.923. The first-order valence-corrected chi connectivity index (χ1v) is 6.36. The third kappa shape index (κ3) is 8.72. The van der Waals surface area contributed by atoms with Gasteiger partial charge in [-0.2, -0.15) is 0 Å². The van der Waals surface area contributed by atoms with E-state index in [-0.39, 0.29) is 18.0 Å². The summed E-state index contributed by atoms with van der Waals surface area (Å²) in [6, 6.07) is 0.946. The zero-order valence-electron chi connectivity index (χ0n) is 11.6. The molecule has 0 heterocycles. The number of carbonyl (C=O) groups is 1. The van der Waals surface area contributed by atoms with Crippen molar-refractivity contribution in [3.8, 4) is 0 Å². The van der Waals surface area contributed by atoms with Gasteiger partial charge in [0.2, 0.25) is 5.91 Å². The normalized spacial score (nSPS) is 15.2. The molecule has 0 aliphatic rings. The predicted molar refractivity (Wildman–Crippen MR) is 69.4 cm³/mol. The Morgan fingerprint density at radius 2 is 1.56 bits per heavy atom. The summed E-state index contributed by atoms with van der Waals surface area (Å²) in [5.41, 5.74) is 0. The molecule has 96 valence electrons. The molecule has 0 aromatic carbocycles. The molecule has 2 atom stereocenters. The van der Waals surface area contributed by atoms with Crippen molar-refractivity contribution in [1.29, 1.82) is 0 Å². The molecule has 0 aromatic heterocycles. The maximum atomic E-state index is 11.5. The summed E-state index contributed by atoms with van der Waals surface area (Å²) in [4.78, 5) is 11.5. The van der Waals surface area contributed by atoms with Crippen LogP contribution in [0.25, 0.3) is 0 Å². The van der Waals surface area contributed by atoms with Gasteiger partial charge in [-0.15, -0.1) is 0 Å². The van der Waals surface area contributed by atoms with Crippen LogP contribution in [-0.2, 0) is 4.79 Å². The third-order valence-corrected chi connectivity index (χ3v) is 2.34. The van der Waals surface area contributed by atoms with E-state index in [9.17, 15) is 4.79 Å². The number of hydrogen-bond acceptors (Lipinski definition) is 2. The van der Waals surface area contributed by atoms with E-state index in [1.165, 1.54) is 0 Å². The van der Waals surface area contributed by atoms with Gasteiger partial charge in [-0.1, -0.05) is 13.8 Å². The van der Waals surface area contributed by atoms with Crippen molar-refractivity contribution in [3.63, 3.8) is 0 Å². The maximum absolute atomic E-state index is 11.5. The van der Waals surface area contributed by atoms with Gasteiger partial charge in [0.1, 0.15) is 0 Å². The molecule has 3 nitrogen and oxygen atoms in total. The van der Waals surface area contributed by atoms with Crippen LogP contribution < -0.4 is 10.6 Å². The number of amides is 1. The fourth-order valence-corrected chi connectivity index (χ4v) is 1.98. The van der Waals surface area contributed by atoms with E-state index in [0.717, 1.165) is 6.42 Å². The Bertz CT molecular complexity index is 202. The quantitative estimate of drug-likeness (QED) is 0.702. The number of carbonyl (C=O) groups excluding carboxylic acids is 1. The molecule has 0 unspecified atom stereocenters. The fourth-order valence-electron chi connectivity index (χ4n) is 1.98. The van der Waals surface area contributed by atoms with Crippen molar-refractivity contribution >= 4 is 5.91 Å². The second-order valence-electron chi connectivity index (χ2n) is 5.52. The van der Waals surface area contributed by atoms with E-state index in [1.54, 1.807) is 0 Å². The molecular formula is C13H28N2O. The Morgan fingerprint density at radius 3 is 2.00 bits per heavy atom. The lowest BCUT2D eigenvalue weighted by molar-refractivity contribution is -0.122. The molecule has 2 N–H and O–H groups in total. The van der Waals surface area contributed by atoms with E-state index < -0.39 is 0 Å². The molecule has 0 aromatic rings. The molecule has 0 rings (SSSR count). The molecule has 1 amide bonds. The molecule has 0 fully saturated rings. The summed E-state index contributed by atoms with van der Waals surface area (Å²) in [5.74, 6) is 0.825. The van der Waals surface area contributed by atoms with Gasteiger partial charge in [-0.3, -0.25) is 4.79 Å². The van der Waals surface area contributed by atoms with Crippen molar-refractivity contribution in [3.05, 3.63) is 0 Å². The van der Waals surface area contributed by atoms with Gasteiger partial charge in [0, 0.05) is 24.5 Å². The predicted octanol–water partition coefficient (Wildman–Crippen LogP) is 2.31. The SMILES string of the molecule is CC(C)C[C@@H](C)N[C@H](C)CC(=O)NC(C)C. The van der Waals surface area contributed by atoms with Crippen LogP contribution in [-0.4, -0.2) is 24.0 Å². The second-order valence-corrected chi connectivity index (χ2v) is 5.52. The highest BCUT2D eigenvalue weighted by molar-refractivity contribution is 5.76. The summed E-state index contributed by atoms with van der Waals surface area (Å²) < 4.78 is 0. The van der Waals surface area contributed by atoms with Crippen LogP contribution in [0.5, 0.6) is 0 Å². The van der Waals surface area contributed by atoms with Gasteiger partial charge in [0.25, 0.3) is 0 Å². The average molecular weight is 228 g/mol. The molecule has 16 heavy (non-hydrogen) atoms. The monoisotopic (exact) mass is 228 g/mol. The third-order valence-electron chi connectivity index (χ3n) is 2.34. The minimum absolute atomic E-state index is 0.131. The van der Waals surface area contributed by atoms with Gasteiger partial charge in [0.05, 0.1) is 0 Å². The van der Waals surface area contributed by atoms with Crippen LogP contribution in [0.1, 0.15) is 54.4 Å².